The number of rotatable bonds is 2. The van der Waals surface area contributed by atoms with Gasteiger partial charge in [-0.3, -0.25) is 0 Å². The van der Waals surface area contributed by atoms with Gasteiger partial charge in [0.15, 0.2) is 0 Å². The molecule has 0 aliphatic heterocycles. The monoisotopic (exact) mass is 150 g/mol. The van der Waals surface area contributed by atoms with E-state index < -0.39 is 10.1 Å². The SMILES string of the molecule is C=CS(=O)(=O)OF.[H-].[Na+]. The molecule has 0 radical (unpaired) electrons. The van der Waals surface area contributed by atoms with Crippen LogP contribution in [-0.4, -0.2) is 8.42 Å². The molecule has 0 unspecified atom stereocenters. The fourth-order valence-corrected chi connectivity index (χ4v) is 0.0772. The Morgan fingerprint density at radius 2 is 2.12 bits per heavy atom. The van der Waals surface area contributed by atoms with Crippen LogP contribution in [0.1, 0.15) is 1.43 Å². The number of hydrogen-bond acceptors (Lipinski definition) is 3. The minimum absolute atomic E-state index is 0. The van der Waals surface area contributed by atoms with Gasteiger partial charge >= 0.3 is 39.7 Å². The van der Waals surface area contributed by atoms with Gasteiger partial charge in [-0.15, -0.1) is 0 Å². The van der Waals surface area contributed by atoms with Gasteiger partial charge < -0.3 is 1.43 Å². The summed E-state index contributed by atoms with van der Waals surface area (Å²) < 4.78 is 32.4. The molecule has 0 atom stereocenters. The van der Waals surface area contributed by atoms with Gasteiger partial charge in [0.1, 0.15) is 0 Å². The van der Waals surface area contributed by atoms with Crippen LogP contribution in [0.5, 0.6) is 0 Å². The molecule has 0 fully saturated rings. The summed E-state index contributed by atoms with van der Waals surface area (Å²) in [5.74, 6) is 0. The normalized spacial score (nSPS) is 9.62. The van der Waals surface area contributed by atoms with Crippen LogP contribution in [-0.2, 0) is 14.5 Å². The van der Waals surface area contributed by atoms with E-state index in [0.717, 1.165) is 0 Å². The molecule has 0 rings (SSSR count). The van der Waals surface area contributed by atoms with Crippen molar-refractivity contribution in [2.45, 2.75) is 0 Å². The Hall–Kier alpha value is 0.580. The van der Waals surface area contributed by atoms with Crippen LogP contribution < -0.4 is 29.6 Å². The largest absolute Gasteiger partial charge is 1.00 e. The smallest absolute Gasteiger partial charge is 1.00 e. The van der Waals surface area contributed by atoms with E-state index in [1.165, 1.54) is 0 Å². The molecule has 0 heterocycles. The molecule has 0 saturated carbocycles. The zero-order chi connectivity index (χ0) is 5.91. The van der Waals surface area contributed by atoms with Crippen molar-refractivity contribution in [2.75, 3.05) is 0 Å². The number of hydrogen-bond donors (Lipinski definition) is 0. The second kappa shape index (κ2) is 4.46. The Morgan fingerprint density at radius 3 is 2.12 bits per heavy atom. The van der Waals surface area contributed by atoms with Gasteiger partial charge in [0.2, 0.25) is 0 Å². The summed E-state index contributed by atoms with van der Waals surface area (Å²) in [7, 11) is -4.06. The molecule has 0 aliphatic rings. The van der Waals surface area contributed by atoms with Crippen LogP contribution in [0.4, 0.5) is 4.53 Å². The van der Waals surface area contributed by atoms with Crippen molar-refractivity contribution in [2.24, 2.45) is 0 Å². The summed E-state index contributed by atoms with van der Waals surface area (Å²) in [4.78, 5) is 0. The minimum Gasteiger partial charge on any atom is -1.00 e. The molecule has 0 aromatic heterocycles. The van der Waals surface area contributed by atoms with E-state index >= 15 is 0 Å². The fourth-order valence-electron chi connectivity index (χ4n) is 0.0257. The van der Waals surface area contributed by atoms with Crippen molar-refractivity contribution in [3.05, 3.63) is 12.0 Å². The molecule has 0 N–H and O–H groups in total. The summed E-state index contributed by atoms with van der Waals surface area (Å²) in [6.45, 7) is 2.75. The molecule has 3 nitrogen and oxygen atoms in total. The average molecular weight is 150 g/mol. The Bertz CT molecular complexity index is 155. The first kappa shape index (κ1) is 11.4. The number of halogens is 1. The van der Waals surface area contributed by atoms with Crippen LogP contribution in [0.15, 0.2) is 12.0 Å². The molecule has 0 aliphatic carbocycles. The third-order valence-corrected chi connectivity index (χ3v) is 0.876. The predicted octanol–water partition coefficient (Wildman–Crippen LogP) is -2.52. The molecule has 0 spiro atoms. The molecular weight excluding hydrogens is 146 g/mol. The Kier molecular flexibility index (Phi) is 6.34. The molecule has 8 heavy (non-hydrogen) atoms. The molecule has 6 heteroatoms. The average Bonchev–Trinajstić information content (AvgIpc) is 1.68. The van der Waals surface area contributed by atoms with Crippen molar-refractivity contribution < 1.29 is 48.3 Å². The topological polar surface area (TPSA) is 43.4 Å². The van der Waals surface area contributed by atoms with E-state index in [1.54, 1.807) is 0 Å². The Labute approximate surface area is 70.3 Å². The zero-order valence-electron chi connectivity index (χ0n) is 5.30. The maximum absolute atomic E-state index is 10.6. The van der Waals surface area contributed by atoms with Crippen molar-refractivity contribution in [1.29, 1.82) is 0 Å². The maximum atomic E-state index is 10.6. The van der Waals surface area contributed by atoms with E-state index in [1.807, 2.05) is 0 Å². The van der Waals surface area contributed by atoms with Gasteiger partial charge in [0.05, 0.1) is 5.41 Å². The standard InChI is InChI=1S/C2H3FO3S.Na.H/c1-2-7(4,5)6-3;;/h2H,1H2;;/q;+1;-1. The first-order valence-corrected chi connectivity index (χ1v) is 2.77. The second-order valence-electron chi connectivity index (χ2n) is 0.722. The van der Waals surface area contributed by atoms with Crippen LogP contribution in [0.2, 0.25) is 0 Å². The van der Waals surface area contributed by atoms with Crippen molar-refractivity contribution in [3.63, 3.8) is 0 Å². The van der Waals surface area contributed by atoms with E-state index in [2.05, 4.69) is 11.0 Å². The van der Waals surface area contributed by atoms with Crippen molar-refractivity contribution >= 4 is 10.1 Å². The molecule has 0 bridgehead atoms. The third-order valence-electron chi connectivity index (χ3n) is 0.292. The summed E-state index contributed by atoms with van der Waals surface area (Å²) in [5.41, 5.74) is 0. The first-order valence-electron chi connectivity index (χ1n) is 1.30. The summed E-state index contributed by atoms with van der Waals surface area (Å²) in [6.07, 6.45) is 0. The third kappa shape index (κ3) is 4.73. The van der Waals surface area contributed by atoms with Gasteiger partial charge in [-0.25, -0.2) is 0 Å². The van der Waals surface area contributed by atoms with E-state index in [0.29, 0.717) is 5.41 Å². The molecule has 0 saturated heterocycles. The first-order chi connectivity index (χ1) is 3.12. The van der Waals surface area contributed by atoms with Gasteiger partial charge in [-0.1, -0.05) is 11.0 Å². The van der Waals surface area contributed by atoms with Gasteiger partial charge in [-0.2, -0.15) is 8.42 Å². The molecule has 0 aromatic rings. The molecule has 0 aromatic carbocycles. The quantitative estimate of drug-likeness (QED) is 0.408. The predicted molar refractivity (Wildman–Crippen MR) is 22.4 cm³/mol. The summed E-state index contributed by atoms with van der Waals surface area (Å²) in [6, 6.07) is 0. The van der Waals surface area contributed by atoms with E-state index in [-0.39, 0.29) is 31.0 Å². The Morgan fingerprint density at radius 1 is 1.75 bits per heavy atom. The van der Waals surface area contributed by atoms with Gasteiger partial charge in [-0.05, 0) is 4.53 Å². The molecule has 44 valence electrons. The Balaban J connectivity index is -0.000000180. The van der Waals surface area contributed by atoms with Gasteiger partial charge in [0.25, 0.3) is 0 Å². The molecule has 0 amide bonds. The van der Waals surface area contributed by atoms with Crippen molar-refractivity contribution in [3.8, 4) is 0 Å². The van der Waals surface area contributed by atoms with Gasteiger partial charge in [0, 0.05) is 0 Å². The molecular formula is C2H4FNaO3S. The van der Waals surface area contributed by atoms with Crippen LogP contribution >= 0.6 is 0 Å². The summed E-state index contributed by atoms with van der Waals surface area (Å²) >= 11 is 0. The van der Waals surface area contributed by atoms with Crippen LogP contribution in [0.25, 0.3) is 0 Å². The fraction of sp³-hybridized carbons (Fsp3) is 0. The van der Waals surface area contributed by atoms with E-state index in [4.69, 9.17) is 0 Å². The second-order valence-corrected chi connectivity index (χ2v) is 2.17. The maximum Gasteiger partial charge on any atom is 1.00 e. The minimum atomic E-state index is -4.06. The van der Waals surface area contributed by atoms with E-state index in [9.17, 15) is 12.9 Å². The van der Waals surface area contributed by atoms with Crippen LogP contribution in [0, 0.1) is 0 Å². The summed E-state index contributed by atoms with van der Waals surface area (Å²) in [5, 5.41) is 0.368. The van der Waals surface area contributed by atoms with Crippen LogP contribution in [0.3, 0.4) is 0 Å². The van der Waals surface area contributed by atoms with Crippen molar-refractivity contribution in [1.82, 2.24) is 0 Å². The zero-order valence-corrected chi connectivity index (χ0v) is 7.11.